The summed E-state index contributed by atoms with van der Waals surface area (Å²) in [6.07, 6.45) is 5.49. The van der Waals surface area contributed by atoms with Gasteiger partial charge in [0.15, 0.2) is 5.82 Å². The molecule has 0 unspecified atom stereocenters. The van der Waals surface area contributed by atoms with Crippen LogP contribution in [0, 0.1) is 0 Å². The number of nitrogens with two attached hydrogens (primary N) is 2. The van der Waals surface area contributed by atoms with Crippen LogP contribution >= 0.6 is 0 Å². The number of amides is 1. The average Bonchev–Trinajstić information content (AvgIpc) is 3.28. The number of H-pyrrole nitrogens is 1. The molecule has 9 heteroatoms. The van der Waals surface area contributed by atoms with E-state index in [-0.39, 0.29) is 17.7 Å². The molecule has 0 saturated heterocycles. The second-order valence-corrected chi connectivity index (χ2v) is 8.07. The fourth-order valence-corrected chi connectivity index (χ4v) is 3.94. The van der Waals surface area contributed by atoms with Gasteiger partial charge in [0.25, 0.3) is 0 Å². The molecular weight excluding hydrogens is 430 g/mol. The normalized spacial score (nSPS) is 15.0. The van der Waals surface area contributed by atoms with Crippen molar-refractivity contribution in [2.45, 2.75) is 24.7 Å². The number of methoxy groups -OCH3 is 1. The number of aromatic nitrogens is 3. The summed E-state index contributed by atoms with van der Waals surface area (Å²) >= 11 is 0. The number of ether oxygens (including phenoxy) is 1. The molecule has 0 atom stereocenters. The van der Waals surface area contributed by atoms with Crippen LogP contribution in [-0.2, 0) is 10.2 Å². The van der Waals surface area contributed by atoms with Gasteiger partial charge < -0.3 is 16.2 Å². The van der Waals surface area contributed by atoms with Crippen LogP contribution in [0.15, 0.2) is 72.1 Å². The van der Waals surface area contributed by atoms with E-state index in [1.165, 1.54) is 6.20 Å². The van der Waals surface area contributed by atoms with E-state index in [0.717, 1.165) is 41.7 Å². The van der Waals surface area contributed by atoms with Crippen molar-refractivity contribution < 1.29 is 9.53 Å². The first kappa shape index (κ1) is 22.8. The highest BCUT2D eigenvalue weighted by Gasteiger charge is 2.46. The van der Waals surface area contributed by atoms with Crippen molar-refractivity contribution in [1.29, 1.82) is 0 Å². The third-order valence-electron chi connectivity index (χ3n) is 6.04. The number of nitrogens with one attached hydrogen (secondary N) is 2. The maximum Gasteiger partial charge on any atom is 0.249 e. The molecule has 6 N–H and O–H groups in total. The van der Waals surface area contributed by atoms with Crippen LogP contribution in [0.3, 0.4) is 0 Å². The van der Waals surface area contributed by atoms with Crippen molar-refractivity contribution in [3.8, 4) is 17.1 Å². The summed E-state index contributed by atoms with van der Waals surface area (Å²) in [6.45, 7) is 3.55. The summed E-state index contributed by atoms with van der Waals surface area (Å²) in [5.41, 5.74) is 14.0. The fraction of sp³-hybridized carbons (Fsp3) is 0.200. The summed E-state index contributed by atoms with van der Waals surface area (Å²) in [5.74, 6) is 1.63. The molecule has 9 nitrogen and oxygen atoms in total. The van der Waals surface area contributed by atoms with Crippen molar-refractivity contribution in [3.63, 3.8) is 0 Å². The van der Waals surface area contributed by atoms with E-state index in [1.54, 1.807) is 13.3 Å². The van der Waals surface area contributed by atoms with Gasteiger partial charge in [0.1, 0.15) is 11.6 Å². The molecule has 1 saturated carbocycles. The van der Waals surface area contributed by atoms with Gasteiger partial charge in [-0.25, -0.2) is 4.99 Å². The first-order chi connectivity index (χ1) is 16.4. The number of carbonyl (C=O) groups excluding carboxylic acids is 1. The largest absolute Gasteiger partial charge is 0.497 e. The zero-order valence-electron chi connectivity index (χ0n) is 18.9. The van der Waals surface area contributed by atoms with E-state index >= 15 is 0 Å². The molecule has 0 radical (unpaired) electrons. The number of nitrogens with zero attached hydrogens (tertiary/aromatic N) is 3. The second-order valence-electron chi connectivity index (χ2n) is 8.07. The predicted octanol–water partition coefficient (Wildman–Crippen LogP) is 3.34. The third kappa shape index (κ3) is 4.54. The number of anilines is 1. The second kappa shape index (κ2) is 9.62. The zero-order valence-corrected chi connectivity index (χ0v) is 18.9. The van der Waals surface area contributed by atoms with Gasteiger partial charge in [0.2, 0.25) is 11.9 Å². The summed E-state index contributed by atoms with van der Waals surface area (Å²) < 4.78 is 5.18. The number of benzene rings is 2. The van der Waals surface area contributed by atoms with E-state index < -0.39 is 5.41 Å². The lowest BCUT2D eigenvalue weighted by molar-refractivity contribution is -0.124. The van der Waals surface area contributed by atoms with E-state index in [4.69, 9.17) is 16.2 Å². The summed E-state index contributed by atoms with van der Waals surface area (Å²) in [4.78, 5) is 21.7. The minimum atomic E-state index is -0.619. The van der Waals surface area contributed by atoms with Gasteiger partial charge in [0.05, 0.1) is 12.5 Å². The number of hydrogen-bond acceptors (Lipinski definition) is 7. The molecule has 1 amide bonds. The Morgan fingerprint density at radius 1 is 1.21 bits per heavy atom. The van der Waals surface area contributed by atoms with E-state index in [1.807, 2.05) is 48.5 Å². The monoisotopic (exact) mass is 457 g/mol. The summed E-state index contributed by atoms with van der Waals surface area (Å²) in [6, 6.07) is 15.2. The topological polar surface area (TPSA) is 144 Å². The highest BCUT2D eigenvalue weighted by atomic mass is 16.5. The molecule has 2 aromatic carbocycles. The molecule has 3 aromatic rings. The molecule has 0 spiro atoms. The molecule has 4 rings (SSSR count). The lowest BCUT2D eigenvalue weighted by Crippen LogP contribution is -2.46. The van der Waals surface area contributed by atoms with Crippen molar-refractivity contribution in [2.75, 3.05) is 12.4 Å². The maximum atomic E-state index is 13.3. The van der Waals surface area contributed by atoms with Crippen molar-refractivity contribution in [2.24, 2.45) is 16.5 Å². The van der Waals surface area contributed by atoms with Crippen LogP contribution in [0.25, 0.3) is 17.0 Å². The molecule has 1 fully saturated rings. The van der Waals surface area contributed by atoms with Crippen LogP contribution in [0.5, 0.6) is 5.75 Å². The summed E-state index contributed by atoms with van der Waals surface area (Å²) in [5, 5.41) is 9.93. The Kier molecular flexibility index (Phi) is 6.44. The highest BCUT2D eigenvalue weighted by molar-refractivity contribution is 6.10. The van der Waals surface area contributed by atoms with Crippen LogP contribution in [0.4, 0.5) is 5.95 Å². The molecular formula is C25H27N7O2. The standard InChI is InChI=1S/C25H27N7O2/c1-16(27)28-15-19(14-26)17-4-8-20(9-5-17)25(12-3-13-25)23(33)30-24-29-22(31-32-24)18-6-10-21(34-2)11-7-18/h4-11,14-15H,1,3,12-13,26-27H2,2H3,(H2,29,30,31,32,33)/b19-14+,28-15?. The maximum absolute atomic E-state index is 13.3. The molecule has 0 bridgehead atoms. The quantitative estimate of drug-likeness (QED) is 0.382. The van der Waals surface area contributed by atoms with Crippen molar-refractivity contribution in [3.05, 3.63) is 78.3 Å². The molecule has 174 valence electrons. The minimum absolute atomic E-state index is 0.123. The van der Waals surface area contributed by atoms with Gasteiger partial charge in [-0.15, -0.1) is 5.10 Å². The third-order valence-corrected chi connectivity index (χ3v) is 6.04. The molecule has 1 heterocycles. The fourth-order valence-electron chi connectivity index (χ4n) is 3.94. The average molecular weight is 458 g/mol. The van der Waals surface area contributed by atoms with E-state index in [0.29, 0.717) is 11.4 Å². The number of aliphatic imine (C=N–C) groups is 1. The minimum Gasteiger partial charge on any atom is -0.497 e. The smallest absolute Gasteiger partial charge is 0.249 e. The van der Waals surface area contributed by atoms with Crippen LogP contribution in [0.2, 0.25) is 0 Å². The van der Waals surface area contributed by atoms with E-state index in [2.05, 4.69) is 32.1 Å². The van der Waals surface area contributed by atoms with Gasteiger partial charge >= 0.3 is 0 Å². The number of rotatable bonds is 8. The van der Waals surface area contributed by atoms with Crippen LogP contribution in [-0.4, -0.2) is 34.4 Å². The van der Waals surface area contributed by atoms with Crippen molar-refractivity contribution in [1.82, 2.24) is 15.2 Å². The highest BCUT2D eigenvalue weighted by Crippen LogP contribution is 2.44. The zero-order chi connectivity index (χ0) is 24.1. The Labute approximate surface area is 197 Å². The number of aromatic amines is 1. The van der Waals surface area contributed by atoms with Gasteiger partial charge in [-0.2, -0.15) is 4.98 Å². The Morgan fingerprint density at radius 2 is 1.91 bits per heavy atom. The molecule has 1 aliphatic carbocycles. The lowest BCUT2D eigenvalue weighted by Gasteiger charge is -2.40. The summed E-state index contributed by atoms with van der Waals surface area (Å²) in [7, 11) is 1.61. The van der Waals surface area contributed by atoms with Crippen LogP contribution in [0.1, 0.15) is 30.4 Å². The van der Waals surface area contributed by atoms with Gasteiger partial charge in [-0.1, -0.05) is 37.3 Å². The molecule has 1 aromatic heterocycles. The van der Waals surface area contributed by atoms with Crippen LogP contribution < -0.4 is 21.5 Å². The Bertz CT molecular complexity index is 1240. The van der Waals surface area contributed by atoms with E-state index in [9.17, 15) is 4.79 Å². The molecule has 1 aliphatic rings. The first-order valence-electron chi connectivity index (χ1n) is 10.8. The Balaban J connectivity index is 1.50. The van der Waals surface area contributed by atoms with Gasteiger partial charge in [-0.3, -0.25) is 15.2 Å². The lowest BCUT2D eigenvalue weighted by atomic mass is 9.63. The SMILES string of the molecule is C=C(N)N=C/C(=C\N)c1ccc(C2(C(=O)Nc3n[nH]c(-c4ccc(OC)cc4)n3)CCC2)cc1. The number of carbonyl (C=O) groups is 1. The van der Waals surface area contributed by atoms with Gasteiger partial charge in [0, 0.05) is 23.6 Å². The predicted molar refractivity (Wildman–Crippen MR) is 133 cm³/mol. The number of hydrogen-bond donors (Lipinski definition) is 4. The van der Waals surface area contributed by atoms with Gasteiger partial charge in [-0.05, 0) is 48.2 Å². The Hall–Kier alpha value is -4.40. The van der Waals surface area contributed by atoms with Crippen molar-refractivity contribution >= 4 is 23.6 Å². The first-order valence-corrected chi connectivity index (χ1v) is 10.8. The molecule has 0 aliphatic heterocycles. The Morgan fingerprint density at radius 3 is 2.47 bits per heavy atom. The molecule has 34 heavy (non-hydrogen) atoms. The number of allylic oxidation sites excluding steroid dienone is 1.